The van der Waals surface area contributed by atoms with E-state index >= 15 is 0 Å². The van der Waals surface area contributed by atoms with Crippen molar-refractivity contribution in [1.82, 2.24) is 4.90 Å². The number of benzene rings is 1. The lowest BCUT2D eigenvalue weighted by Crippen LogP contribution is -2.27. The van der Waals surface area contributed by atoms with Gasteiger partial charge in [-0.2, -0.15) is 0 Å². The first-order valence-corrected chi connectivity index (χ1v) is 8.89. The fourth-order valence-electron chi connectivity index (χ4n) is 1.99. The predicted molar refractivity (Wildman–Crippen MR) is 99.1 cm³/mol. The van der Waals surface area contributed by atoms with Crippen LogP contribution in [0, 0.1) is 0 Å². The van der Waals surface area contributed by atoms with Gasteiger partial charge < -0.3 is 9.47 Å². The SMILES string of the molecule is CCOC(=O)COc1ccc(C=C2SC(=S)N(CC)C2=O)cc1Cl. The number of carbonyl (C=O) groups is 2. The standard InChI is InChI=1S/C16H16ClNO4S2/c1-3-18-15(20)13(24-16(18)23)8-10-5-6-12(11(17)7-10)22-9-14(19)21-4-2/h5-8H,3-4,9H2,1-2H3. The molecule has 0 radical (unpaired) electrons. The van der Waals surface area contributed by atoms with Crippen molar-refractivity contribution in [1.29, 1.82) is 0 Å². The number of hydrogen-bond acceptors (Lipinski definition) is 6. The summed E-state index contributed by atoms with van der Waals surface area (Å²) < 4.78 is 10.7. The normalized spacial score (nSPS) is 16.0. The van der Waals surface area contributed by atoms with Gasteiger partial charge >= 0.3 is 5.97 Å². The molecule has 1 aliphatic heterocycles. The number of thioether (sulfide) groups is 1. The summed E-state index contributed by atoms with van der Waals surface area (Å²) in [6.07, 6.45) is 1.73. The van der Waals surface area contributed by atoms with Crippen molar-refractivity contribution < 1.29 is 19.1 Å². The van der Waals surface area contributed by atoms with Crippen LogP contribution in [0.25, 0.3) is 6.08 Å². The van der Waals surface area contributed by atoms with Gasteiger partial charge in [-0.05, 0) is 37.6 Å². The summed E-state index contributed by atoms with van der Waals surface area (Å²) in [5.41, 5.74) is 0.750. The Balaban J connectivity index is 2.10. The highest BCUT2D eigenvalue weighted by Crippen LogP contribution is 2.33. The Bertz CT molecular complexity index is 705. The quantitative estimate of drug-likeness (QED) is 0.424. The van der Waals surface area contributed by atoms with Crippen LogP contribution in [0.15, 0.2) is 23.1 Å². The van der Waals surface area contributed by atoms with Gasteiger partial charge in [0.05, 0.1) is 16.5 Å². The second-order valence-corrected chi connectivity index (χ2v) is 6.79. The van der Waals surface area contributed by atoms with Crippen LogP contribution in [0.4, 0.5) is 0 Å². The van der Waals surface area contributed by atoms with E-state index in [-0.39, 0.29) is 12.5 Å². The predicted octanol–water partition coefficient (Wildman–Crippen LogP) is 3.50. The molecule has 8 heteroatoms. The molecule has 1 aliphatic rings. The number of amides is 1. The third kappa shape index (κ3) is 4.49. The number of carbonyl (C=O) groups excluding carboxylic acids is 2. The first-order valence-electron chi connectivity index (χ1n) is 7.29. The number of thiocarbonyl (C=S) groups is 1. The van der Waals surface area contributed by atoms with Crippen molar-refractivity contribution in [2.24, 2.45) is 0 Å². The summed E-state index contributed by atoms with van der Waals surface area (Å²) in [7, 11) is 0. The number of esters is 1. The van der Waals surface area contributed by atoms with Crippen molar-refractivity contribution in [3.05, 3.63) is 33.7 Å². The largest absolute Gasteiger partial charge is 0.480 e. The number of hydrogen-bond donors (Lipinski definition) is 0. The van der Waals surface area contributed by atoms with Crippen LogP contribution in [0.5, 0.6) is 5.75 Å². The maximum atomic E-state index is 12.2. The molecule has 0 unspecified atom stereocenters. The van der Waals surface area contributed by atoms with Crippen molar-refractivity contribution in [2.75, 3.05) is 19.8 Å². The van der Waals surface area contributed by atoms with Crippen molar-refractivity contribution in [3.8, 4) is 5.75 Å². The summed E-state index contributed by atoms with van der Waals surface area (Å²) in [5, 5.41) is 0.346. The molecule has 1 fully saturated rings. The van der Waals surface area contributed by atoms with Gasteiger partial charge in [-0.25, -0.2) is 4.79 Å². The third-order valence-corrected chi connectivity index (χ3v) is 4.77. The minimum Gasteiger partial charge on any atom is -0.480 e. The number of rotatable bonds is 6. The molecule has 0 N–H and O–H groups in total. The van der Waals surface area contributed by atoms with E-state index in [1.807, 2.05) is 6.92 Å². The van der Waals surface area contributed by atoms with E-state index in [2.05, 4.69) is 0 Å². The lowest BCUT2D eigenvalue weighted by atomic mass is 10.2. The van der Waals surface area contributed by atoms with Gasteiger partial charge in [0, 0.05) is 6.54 Å². The molecule has 0 aromatic heterocycles. The summed E-state index contributed by atoms with van der Waals surface area (Å²) in [6, 6.07) is 5.07. The molecule has 1 saturated heterocycles. The van der Waals surface area contributed by atoms with Gasteiger partial charge in [0.1, 0.15) is 10.1 Å². The Hall–Kier alpha value is -1.57. The van der Waals surface area contributed by atoms with Gasteiger partial charge in [0.25, 0.3) is 5.91 Å². The molecular weight excluding hydrogens is 370 g/mol. The zero-order valence-corrected chi connectivity index (χ0v) is 15.6. The van der Waals surface area contributed by atoms with Crippen LogP contribution in [-0.4, -0.2) is 40.9 Å². The zero-order chi connectivity index (χ0) is 17.7. The molecule has 2 rings (SSSR count). The first kappa shape index (κ1) is 18.8. The maximum absolute atomic E-state index is 12.2. The number of nitrogens with zero attached hydrogens (tertiary/aromatic N) is 1. The number of halogens is 1. The fourth-order valence-corrected chi connectivity index (χ4v) is 3.62. The first-order chi connectivity index (χ1) is 11.5. The minimum absolute atomic E-state index is 0.105. The molecule has 1 amide bonds. The van der Waals surface area contributed by atoms with E-state index in [1.54, 1.807) is 36.1 Å². The topological polar surface area (TPSA) is 55.8 Å². The van der Waals surface area contributed by atoms with Crippen molar-refractivity contribution >= 4 is 57.9 Å². The van der Waals surface area contributed by atoms with Crippen LogP contribution in [0.2, 0.25) is 5.02 Å². The van der Waals surface area contributed by atoms with Gasteiger partial charge in [-0.3, -0.25) is 9.69 Å². The summed E-state index contributed by atoms with van der Waals surface area (Å²) >= 11 is 12.6. The lowest BCUT2D eigenvalue weighted by molar-refractivity contribution is -0.145. The zero-order valence-electron chi connectivity index (χ0n) is 13.2. The Morgan fingerprint density at radius 1 is 1.42 bits per heavy atom. The minimum atomic E-state index is -0.458. The van der Waals surface area contributed by atoms with E-state index < -0.39 is 5.97 Å². The Morgan fingerprint density at radius 2 is 2.17 bits per heavy atom. The molecule has 0 aliphatic carbocycles. The van der Waals surface area contributed by atoms with Crippen LogP contribution in [-0.2, 0) is 14.3 Å². The molecule has 0 bridgehead atoms. The number of ether oxygens (including phenoxy) is 2. The van der Waals surface area contributed by atoms with E-state index in [1.165, 1.54) is 11.8 Å². The fraction of sp³-hybridized carbons (Fsp3) is 0.312. The highest BCUT2D eigenvalue weighted by atomic mass is 35.5. The van der Waals surface area contributed by atoms with Crippen LogP contribution >= 0.6 is 35.6 Å². The molecule has 24 heavy (non-hydrogen) atoms. The van der Waals surface area contributed by atoms with Crippen LogP contribution < -0.4 is 4.74 Å². The second kappa shape index (κ2) is 8.50. The van der Waals surface area contributed by atoms with Crippen molar-refractivity contribution in [2.45, 2.75) is 13.8 Å². The van der Waals surface area contributed by atoms with E-state index in [4.69, 9.17) is 33.3 Å². The Kier molecular flexibility index (Phi) is 6.65. The average molecular weight is 386 g/mol. The molecule has 0 atom stereocenters. The van der Waals surface area contributed by atoms with Crippen LogP contribution in [0.3, 0.4) is 0 Å². The Morgan fingerprint density at radius 3 is 2.75 bits per heavy atom. The summed E-state index contributed by atoms with van der Waals surface area (Å²) in [4.78, 5) is 25.6. The number of likely N-dealkylation sites (N-methyl/N-ethyl adjacent to an activating group) is 1. The molecule has 0 saturated carbocycles. The van der Waals surface area contributed by atoms with E-state index in [9.17, 15) is 9.59 Å². The Labute approximate surface area is 154 Å². The lowest BCUT2D eigenvalue weighted by Gasteiger charge is -2.09. The molecular formula is C16H16ClNO4S2. The maximum Gasteiger partial charge on any atom is 0.344 e. The molecule has 1 heterocycles. The van der Waals surface area contributed by atoms with Gasteiger partial charge in [-0.1, -0.05) is 41.6 Å². The van der Waals surface area contributed by atoms with E-state index in [0.717, 1.165) is 5.56 Å². The summed E-state index contributed by atoms with van der Waals surface area (Å²) in [5.74, 6) is -0.185. The van der Waals surface area contributed by atoms with E-state index in [0.29, 0.717) is 33.1 Å². The highest BCUT2D eigenvalue weighted by Gasteiger charge is 2.30. The van der Waals surface area contributed by atoms with Gasteiger partial charge in [-0.15, -0.1) is 0 Å². The highest BCUT2D eigenvalue weighted by molar-refractivity contribution is 8.26. The third-order valence-electron chi connectivity index (χ3n) is 3.09. The molecule has 5 nitrogen and oxygen atoms in total. The van der Waals surface area contributed by atoms with Gasteiger partial charge in [0.15, 0.2) is 6.61 Å². The molecule has 0 spiro atoms. The van der Waals surface area contributed by atoms with Gasteiger partial charge in [0.2, 0.25) is 0 Å². The van der Waals surface area contributed by atoms with Crippen molar-refractivity contribution in [3.63, 3.8) is 0 Å². The second-order valence-electron chi connectivity index (χ2n) is 4.71. The molecule has 1 aromatic carbocycles. The summed E-state index contributed by atoms with van der Waals surface area (Å²) in [6.45, 7) is 4.23. The molecule has 1 aromatic rings. The van der Waals surface area contributed by atoms with Crippen LogP contribution in [0.1, 0.15) is 19.4 Å². The smallest absolute Gasteiger partial charge is 0.344 e. The average Bonchev–Trinajstić information content (AvgIpc) is 2.80. The monoisotopic (exact) mass is 385 g/mol. The molecule has 128 valence electrons.